The van der Waals surface area contributed by atoms with Crippen molar-refractivity contribution in [3.63, 3.8) is 0 Å². The number of aryl methyl sites for hydroxylation is 1. The van der Waals surface area contributed by atoms with E-state index in [9.17, 15) is 5.11 Å². The lowest BCUT2D eigenvalue weighted by Gasteiger charge is -2.44. The van der Waals surface area contributed by atoms with Crippen LogP contribution in [-0.4, -0.2) is 27.4 Å². The molecular weight excluding hydrogens is 322 g/mol. The van der Waals surface area contributed by atoms with Crippen molar-refractivity contribution in [3.05, 3.63) is 58.9 Å². The summed E-state index contributed by atoms with van der Waals surface area (Å²) in [6, 6.07) is 9.77. The highest BCUT2D eigenvalue weighted by Gasteiger charge is 2.36. The van der Waals surface area contributed by atoms with Crippen LogP contribution in [0.4, 0.5) is 5.69 Å². The van der Waals surface area contributed by atoms with Crippen LogP contribution in [0.2, 0.25) is 0 Å². The molecule has 4 heteroatoms. The lowest BCUT2D eigenvalue weighted by atomic mass is 9.82. The van der Waals surface area contributed by atoms with Crippen LogP contribution in [-0.2, 0) is 0 Å². The number of rotatable bonds is 0. The Morgan fingerprint density at radius 1 is 1.19 bits per heavy atom. The van der Waals surface area contributed by atoms with Gasteiger partial charge in [0, 0.05) is 30.3 Å². The Balaban J connectivity index is 1.64. The summed E-state index contributed by atoms with van der Waals surface area (Å²) in [5.74, 6) is 7.23. The molecule has 1 aromatic carbocycles. The minimum absolute atomic E-state index is 0.198. The standard InChI is InChI=1S/C22H23N3O/c1-15-4-7-17(23-13-15)8-5-16-6-9-18-19(12-16)24-20-10-11-22(2,3)14-25(20)21(18)26/h4,6-7,9,12-13,21,26H,10-11,14H2,1-3H3. The summed E-state index contributed by atoms with van der Waals surface area (Å²) in [7, 11) is 0. The number of aliphatic hydroxyl groups excluding tert-OH is 1. The molecule has 1 aromatic heterocycles. The van der Waals surface area contributed by atoms with E-state index in [-0.39, 0.29) is 5.41 Å². The van der Waals surface area contributed by atoms with Crippen LogP contribution in [0.5, 0.6) is 0 Å². The molecule has 0 bridgehead atoms. The molecule has 26 heavy (non-hydrogen) atoms. The Labute approximate surface area is 154 Å². The zero-order valence-corrected chi connectivity index (χ0v) is 15.5. The third-order valence-corrected chi connectivity index (χ3v) is 5.05. The Hall–Kier alpha value is -2.64. The predicted octanol–water partition coefficient (Wildman–Crippen LogP) is 3.95. The third-order valence-electron chi connectivity index (χ3n) is 5.05. The van der Waals surface area contributed by atoms with Gasteiger partial charge in [0.25, 0.3) is 0 Å². The van der Waals surface area contributed by atoms with Crippen molar-refractivity contribution in [2.75, 3.05) is 6.54 Å². The van der Waals surface area contributed by atoms with Gasteiger partial charge in [0.1, 0.15) is 11.5 Å². The topological polar surface area (TPSA) is 48.7 Å². The molecule has 0 aliphatic carbocycles. The molecular formula is C22H23N3O. The minimum atomic E-state index is -0.627. The minimum Gasteiger partial charge on any atom is -0.369 e. The van der Waals surface area contributed by atoms with E-state index in [1.807, 2.05) is 48.4 Å². The molecule has 0 spiro atoms. The summed E-state index contributed by atoms with van der Waals surface area (Å²) < 4.78 is 0. The van der Waals surface area contributed by atoms with Gasteiger partial charge in [-0.1, -0.05) is 31.9 Å². The summed E-state index contributed by atoms with van der Waals surface area (Å²) in [5.41, 5.74) is 4.63. The molecule has 2 aromatic rings. The van der Waals surface area contributed by atoms with Gasteiger partial charge in [0.05, 0.1) is 5.69 Å². The average Bonchev–Trinajstić information content (AvgIpc) is 2.62. The van der Waals surface area contributed by atoms with Crippen LogP contribution in [0.3, 0.4) is 0 Å². The molecule has 0 amide bonds. The number of benzene rings is 1. The Bertz CT molecular complexity index is 932. The monoisotopic (exact) mass is 345 g/mol. The molecule has 2 aliphatic heterocycles. The van der Waals surface area contributed by atoms with Gasteiger partial charge in [-0.15, -0.1) is 0 Å². The summed E-state index contributed by atoms with van der Waals surface area (Å²) in [5, 5.41) is 10.8. The van der Waals surface area contributed by atoms with Crippen molar-refractivity contribution in [1.82, 2.24) is 9.88 Å². The van der Waals surface area contributed by atoms with Crippen LogP contribution in [0, 0.1) is 24.2 Å². The number of fused-ring (bicyclic) bond motifs is 2. The van der Waals surface area contributed by atoms with Gasteiger partial charge in [-0.2, -0.15) is 0 Å². The van der Waals surface area contributed by atoms with Gasteiger partial charge in [-0.25, -0.2) is 9.98 Å². The number of aliphatic hydroxyl groups is 1. The zero-order chi connectivity index (χ0) is 18.3. The quantitative estimate of drug-likeness (QED) is 0.736. The molecule has 2 aliphatic rings. The highest BCUT2D eigenvalue weighted by Crippen LogP contribution is 2.40. The zero-order valence-electron chi connectivity index (χ0n) is 15.5. The first kappa shape index (κ1) is 16.8. The molecule has 1 saturated heterocycles. The summed E-state index contributed by atoms with van der Waals surface area (Å²) >= 11 is 0. The molecule has 1 atom stereocenters. The SMILES string of the molecule is Cc1ccc(C#Cc2ccc3c(c2)N=C2CCC(C)(C)CN2C3O)nc1. The molecule has 1 unspecified atom stereocenters. The fourth-order valence-electron chi connectivity index (χ4n) is 3.49. The third kappa shape index (κ3) is 3.23. The summed E-state index contributed by atoms with van der Waals surface area (Å²) in [4.78, 5) is 11.2. The molecule has 1 fully saturated rings. The first-order valence-electron chi connectivity index (χ1n) is 9.02. The van der Waals surface area contributed by atoms with Crippen molar-refractivity contribution in [2.24, 2.45) is 10.4 Å². The molecule has 4 rings (SSSR count). The van der Waals surface area contributed by atoms with Crippen LogP contribution in [0.25, 0.3) is 0 Å². The van der Waals surface area contributed by atoms with Gasteiger partial charge in [-0.3, -0.25) is 0 Å². The molecule has 132 valence electrons. The number of aliphatic imine (C=N–C) groups is 1. The number of piperidine rings is 1. The van der Waals surface area contributed by atoms with Crippen molar-refractivity contribution >= 4 is 11.5 Å². The van der Waals surface area contributed by atoms with Gasteiger partial charge in [0.2, 0.25) is 0 Å². The van der Waals surface area contributed by atoms with Gasteiger partial charge >= 0.3 is 0 Å². The second kappa shape index (κ2) is 6.26. The van der Waals surface area contributed by atoms with Crippen LogP contribution in [0.1, 0.15) is 55.3 Å². The maximum Gasteiger partial charge on any atom is 0.156 e. The van der Waals surface area contributed by atoms with E-state index in [0.717, 1.165) is 53.3 Å². The normalized spacial score (nSPS) is 20.4. The number of nitrogens with zero attached hydrogens (tertiary/aromatic N) is 3. The van der Waals surface area contributed by atoms with Gasteiger partial charge in [-0.05, 0) is 48.4 Å². The summed E-state index contributed by atoms with van der Waals surface area (Å²) in [6.45, 7) is 7.31. The fourth-order valence-corrected chi connectivity index (χ4v) is 3.49. The molecule has 1 N–H and O–H groups in total. The largest absolute Gasteiger partial charge is 0.369 e. The van der Waals surface area contributed by atoms with Crippen molar-refractivity contribution in [2.45, 2.75) is 39.8 Å². The van der Waals surface area contributed by atoms with E-state index < -0.39 is 6.23 Å². The van der Waals surface area contributed by atoms with E-state index in [1.165, 1.54) is 0 Å². The maximum absolute atomic E-state index is 10.8. The fraction of sp³-hybridized carbons (Fsp3) is 0.364. The van der Waals surface area contributed by atoms with Crippen molar-refractivity contribution in [3.8, 4) is 11.8 Å². The van der Waals surface area contributed by atoms with Crippen molar-refractivity contribution in [1.29, 1.82) is 0 Å². The number of hydrogen-bond donors (Lipinski definition) is 1. The lowest BCUT2D eigenvalue weighted by molar-refractivity contribution is 0.0156. The Morgan fingerprint density at radius 3 is 2.81 bits per heavy atom. The van der Waals surface area contributed by atoms with Crippen LogP contribution in [0.15, 0.2) is 41.5 Å². The lowest BCUT2D eigenvalue weighted by Crippen LogP contribution is -2.47. The number of amidine groups is 1. The number of pyridine rings is 1. The van der Waals surface area contributed by atoms with Crippen LogP contribution < -0.4 is 0 Å². The number of aromatic nitrogens is 1. The van der Waals surface area contributed by atoms with E-state index in [0.29, 0.717) is 0 Å². The van der Waals surface area contributed by atoms with E-state index in [4.69, 9.17) is 4.99 Å². The Morgan fingerprint density at radius 2 is 2.04 bits per heavy atom. The second-order valence-corrected chi connectivity index (χ2v) is 7.94. The summed E-state index contributed by atoms with van der Waals surface area (Å²) in [6.07, 6.45) is 3.17. The molecule has 0 saturated carbocycles. The average molecular weight is 345 g/mol. The smallest absolute Gasteiger partial charge is 0.156 e. The molecule has 0 radical (unpaired) electrons. The highest BCUT2D eigenvalue weighted by molar-refractivity contribution is 5.88. The second-order valence-electron chi connectivity index (χ2n) is 7.94. The molecule has 3 heterocycles. The van der Waals surface area contributed by atoms with Crippen molar-refractivity contribution < 1.29 is 5.11 Å². The molecule has 4 nitrogen and oxygen atoms in total. The van der Waals surface area contributed by atoms with E-state index in [1.54, 1.807) is 0 Å². The van der Waals surface area contributed by atoms with E-state index >= 15 is 0 Å². The van der Waals surface area contributed by atoms with Crippen LogP contribution >= 0.6 is 0 Å². The van der Waals surface area contributed by atoms with Gasteiger partial charge in [0.15, 0.2) is 6.23 Å². The Kier molecular flexibility index (Phi) is 4.05. The maximum atomic E-state index is 10.8. The van der Waals surface area contributed by atoms with Gasteiger partial charge < -0.3 is 10.0 Å². The first-order valence-corrected chi connectivity index (χ1v) is 9.02. The highest BCUT2D eigenvalue weighted by atomic mass is 16.3. The first-order chi connectivity index (χ1) is 12.4. The predicted molar refractivity (Wildman–Crippen MR) is 103 cm³/mol. The van der Waals surface area contributed by atoms with E-state index in [2.05, 4.69) is 30.7 Å². The number of hydrogen-bond acceptors (Lipinski definition) is 4.